The lowest BCUT2D eigenvalue weighted by atomic mass is 10.0. The van der Waals surface area contributed by atoms with E-state index in [9.17, 15) is 0 Å². The highest BCUT2D eigenvalue weighted by Crippen LogP contribution is 2.18. The van der Waals surface area contributed by atoms with Gasteiger partial charge in [-0.15, -0.1) is 0 Å². The molecule has 0 bridgehead atoms. The minimum atomic E-state index is 0.567. The third kappa shape index (κ3) is 2.71. The summed E-state index contributed by atoms with van der Waals surface area (Å²) < 4.78 is 0.924. The number of hydrogen-bond acceptors (Lipinski definition) is 4. The molecule has 0 unspecified atom stereocenters. The molecule has 2 rings (SSSR count). The lowest BCUT2D eigenvalue weighted by Crippen LogP contribution is -2.42. The Morgan fingerprint density at radius 3 is 2.44 bits per heavy atom. The Morgan fingerprint density at radius 2 is 1.88 bits per heavy atom. The molecule has 16 heavy (non-hydrogen) atoms. The predicted octanol–water partition coefficient (Wildman–Crippen LogP) is 1.77. The van der Waals surface area contributed by atoms with E-state index in [1.165, 1.54) is 12.8 Å². The molecule has 1 aromatic heterocycles. The maximum Gasteiger partial charge on any atom is 0.225 e. The van der Waals surface area contributed by atoms with Crippen molar-refractivity contribution in [3.8, 4) is 0 Å². The first-order valence-corrected chi connectivity index (χ1v) is 6.35. The number of rotatable bonds is 2. The van der Waals surface area contributed by atoms with E-state index in [-0.39, 0.29) is 0 Å². The number of nitrogens with zero attached hydrogens (tertiary/aromatic N) is 4. The molecule has 0 atom stereocenters. The molecule has 0 radical (unpaired) electrons. The normalized spacial score (nSPS) is 18.7. The quantitative estimate of drug-likeness (QED) is 0.829. The Bertz CT molecular complexity index is 332. The van der Waals surface area contributed by atoms with Gasteiger partial charge in [0.1, 0.15) is 0 Å². The highest BCUT2D eigenvalue weighted by Gasteiger charge is 2.21. The number of piperidine rings is 1. The molecule has 0 aliphatic carbocycles. The largest absolute Gasteiger partial charge is 0.341 e. The number of halogens is 1. The third-order valence-electron chi connectivity index (χ3n) is 3.16. The molecule has 0 saturated carbocycles. The minimum absolute atomic E-state index is 0.567. The van der Waals surface area contributed by atoms with Crippen molar-refractivity contribution in [3.05, 3.63) is 16.9 Å². The lowest BCUT2D eigenvalue weighted by Gasteiger charge is -2.35. The van der Waals surface area contributed by atoms with Crippen molar-refractivity contribution >= 4 is 21.9 Å². The van der Waals surface area contributed by atoms with Crippen LogP contribution >= 0.6 is 15.9 Å². The molecular formula is C11H17BrN4. The van der Waals surface area contributed by atoms with Crippen LogP contribution in [0.3, 0.4) is 0 Å². The maximum absolute atomic E-state index is 4.33. The Hall–Kier alpha value is -0.680. The molecule has 0 spiro atoms. The number of hydrogen-bond donors (Lipinski definition) is 0. The van der Waals surface area contributed by atoms with Crippen LogP contribution in [0, 0.1) is 0 Å². The van der Waals surface area contributed by atoms with Gasteiger partial charge in [-0.25, -0.2) is 9.97 Å². The van der Waals surface area contributed by atoms with Crippen LogP contribution in [-0.4, -0.2) is 48.1 Å². The predicted molar refractivity (Wildman–Crippen MR) is 68.7 cm³/mol. The Kier molecular flexibility index (Phi) is 3.76. The van der Waals surface area contributed by atoms with E-state index in [1.54, 1.807) is 12.4 Å². The standard InChI is InChI=1S/C11H17BrN4/c1-15-5-3-10(4-6-15)16(2)11-13-7-9(12)8-14-11/h7-8,10H,3-6H2,1-2H3. The number of aromatic nitrogens is 2. The van der Waals surface area contributed by atoms with Gasteiger partial charge in [-0.05, 0) is 48.9 Å². The van der Waals surface area contributed by atoms with Gasteiger partial charge >= 0.3 is 0 Å². The first-order valence-electron chi connectivity index (χ1n) is 5.56. The molecule has 0 amide bonds. The second kappa shape index (κ2) is 5.10. The summed E-state index contributed by atoms with van der Waals surface area (Å²) in [7, 11) is 4.26. The molecule has 4 nitrogen and oxygen atoms in total. The van der Waals surface area contributed by atoms with E-state index >= 15 is 0 Å². The van der Waals surface area contributed by atoms with Crippen LogP contribution in [0.4, 0.5) is 5.95 Å². The van der Waals surface area contributed by atoms with Crippen LogP contribution in [-0.2, 0) is 0 Å². The van der Waals surface area contributed by atoms with Gasteiger partial charge < -0.3 is 9.80 Å². The zero-order valence-electron chi connectivity index (χ0n) is 9.73. The number of anilines is 1. The topological polar surface area (TPSA) is 32.3 Å². The van der Waals surface area contributed by atoms with Gasteiger partial charge in [0.25, 0.3) is 0 Å². The average molecular weight is 285 g/mol. The highest BCUT2D eigenvalue weighted by molar-refractivity contribution is 9.10. The SMILES string of the molecule is CN1CCC(N(C)c2ncc(Br)cn2)CC1. The molecule has 1 saturated heterocycles. The lowest BCUT2D eigenvalue weighted by molar-refractivity contribution is 0.252. The Labute approximate surface area is 105 Å². The van der Waals surface area contributed by atoms with Crippen LogP contribution in [0.5, 0.6) is 0 Å². The van der Waals surface area contributed by atoms with Crippen LogP contribution in [0.2, 0.25) is 0 Å². The maximum atomic E-state index is 4.33. The monoisotopic (exact) mass is 284 g/mol. The van der Waals surface area contributed by atoms with E-state index in [1.807, 2.05) is 0 Å². The van der Waals surface area contributed by atoms with Crippen molar-refractivity contribution in [1.82, 2.24) is 14.9 Å². The van der Waals surface area contributed by atoms with E-state index in [4.69, 9.17) is 0 Å². The Balaban J connectivity index is 2.01. The summed E-state index contributed by atoms with van der Waals surface area (Å²) in [5.74, 6) is 0.817. The second-order valence-corrected chi connectivity index (χ2v) is 5.26. The molecule has 1 aliphatic rings. The minimum Gasteiger partial charge on any atom is -0.341 e. The zero-order valence-corrected chi connectivity index (χ0v) is 11.3. The van der Waals surface area contributed by atoms with Crippen molar-refractivity contribution < 1.29 is 0 Å². The molecule has 1 aliphatic heterocycles. The molecule has 5 heteroatoms. The smallest absolute Gasteiger partial charge is 0.225 e. The van der Waals surface area contributed by atoms with Gasteiger partial charge in [0.15, 0.2) is 0 Å². The molecule has 0 N–H and O–H groups in total. The molecule has 2 heterocycles. The van der Waals surface area contributed by atoms with E-state index in [2.05, 4.69) is 49.8 Å². The van der Waals surface area contributed by atoms with E-state index in [0.717, 1.165) is 23.5 Å². The molecule has 0 aromatic carbocycles. The van der Waals surface area contributed by atoms with E-state index < -0.39 is 0 Å². The average Bonchev–Trinajstić information content (AvgIpc) is 2.30. The van der Waals surface area contributed by atoms with Gasteiger partial charge in [-0.3, -0.25) is 0 Å². The highest BCUT2D eigenvalue weighted by atomic mass is 79.9. The zero-order chi connectivity index (χ0) is 11.5. The molecule has 88 valence electrons. The summed E-state index contributed by atoms with van der Waals surface area (Å²) >= 11 is 3.35. The molecule has 1 fully saturated rings. The van der Waals surface area contributed by atoms with Gasteiger partial charge in [0.05, 0.1) is 4.47 Å². The van der Waals surface area contributed by atoms with Crippen molar-refractivity contribution in [3.63, 3.8) is 0 Å². The van der Waals surface area contributed by atoms with Gasteiger partial charge in [0, 0.05) is 25.5 Å². The summed E-state index contributed by atoms with van der Waals surface area (Å²) in [5, 5.41) is 0. The third-order valence-corrected chi connectivity index (χ3v) is 3.57. The second-order valence-electron chi connectivity index (χ2n) is 4.35. The van der Waals surface area contributed by atoms with Crippen LogP contribution in [0.1, 0.15) is 12.8 Å². The van der Waals surface area contributed by atoms with Crippen molar-refractivity contribution in [2.45, 2.75) is 18.9 Å². The number of likely N-dealkylation sites (tertiary alicyclic amines) is 1. The van der Waals surface area contributed by atoms with Gasteiger partial charge in [-0.2, -0.15) is 0 Å². The molecular weight excluding hydrogens is 268 g/mol. The fourth-order valence-electron chi connectivity index (χ4n) is 2.03. The summed E-state index contributed by atoms with van der Waals surface area (Å²) in [4.78, 5) is 13.2. The van der Waals surface area contributed by atoms with Gasteiger partial charge in [0.2, 0.25) is 5.95 Å². The first-order chi connectivity index (χ1) is 7.66. The van der Waals surface area contributed by atoms with Crippen molar-refractivity contribution in [2.75, 3.05) is 32.1 Å². The van der Waals surface area contributed by atoms with Gasteiger partial charge in [-0.1, -0.05) is 0 Å². The molecule has 1 aromatic rings. The van der Waals surface area contributed by atoms with Crippen LogP contribution in [0.15, 0.2) is 16.9 Å². The van der Waals surface area contributed by atoms with Crippen LogP contribution < -0.4 is 4.90 Å². The first kappa shape index (κ1) is 11.8. The summed E-state index contributed by atoms with van der Waals surface area (Å²) in [6.07, 6.45) is 5.97. The summed E-state index contributed by atoms with van der Waals surface area (Å²) in [6, 6.07) is 0.567. The Morgan fingerprint density at radius 1 is 1.31 bits per heavy atom. The van der Waals surface area contributed by atoms with Crippen molar-refractivity contribution in [1.29, 1.82) is 0 Å². The fraction of sp³-hybridized carbons (Fsp3) is 0.636. The van der Waals surface area contributed by atoms with Crippen molar-refractivity contribution in [2.24, 2.45) is 0 Å². The summed E-state index contributed by atoms with van der Waals surface area (Å²) in [6.45, 7) is 2.32. The fourth-order valence-corrected chi connectivity index (χ4v) is 2.24. The van der Waals surface area contributed by atoms with E-state index in [0.29, 0.717) is 6.04 Å². The van der Waals surface area contributed by atoms with Crippen LogP contribution in [0.25, 0.3) is 0 Å². The summed E-state index contributed by atoms with van der Waals surface area (Å²) in [5.41, 5.74) is 0.